The molecular weight excluding hydrogens is 564 g/mol. The molecule has 5 heteroatoms. The predicted octanol–water partition coefficient (Wildman–Crippen LogP) is 10.5. The summed E-state index contributed by atoms with van der Waals surface area (Å²) in [5.41, 5.74) is 6.69. The predicted molar refractivity (Wildman–Crippen MR) is 159 cm³/mol. The van der Waals surface area contributed by atoms with E-state index in [9.17, 15) is 0 Å². The molecule has 0 bridgehead atoms. The molecule has 0 amide bonds. The molecule has 0 saturated carbocycles. The Hall–Kier alpha value is -0.123. The normalized spacial score (nSPS) is 26.0. The Morgan fingerprint density at radius 2 is 1.16 bits per heavy atom. The zero-order valence-electron chi connectivity index (χ0n) is 25.6. The maximum absolute atomic E-state index is 7.13. The Morgan fingerprint density at radius 1 is 0.730 bits per heavy atom. The number of allylic oxidation sites excluding steroid dienone is 6. The zero-order chi connectivity index (χ0) is 27.4. The Labute approximate surface area is 245 Å². The van der Waals surface area contributed by atoms with Gasteiger partial charge in [0.2, 0.25) is 0 Å². The molecule has 0 saturated heterocycles. The van der Waals surface area contributed by atoms with Crippen LogP contribution in [0, 0.1) is 11.8 Å². The van der Waals surface area contributed by atoms with Gasteiger partial charge in [-0.25, -0.2) is 0 Å². The molecule has 0 radical (unpaired) electrons. The topological polar surface area (TPSA) is 18.5 Å². The van der Waals surface area contributed by atoms with Crippen LogP contribution in [-0.4, -0.2) is 16.6 Å². The summed E-state index contributed by atoms with van der Waals surface area (Å²) in [6, 6.07) is 0. The van der Waals surface area contributed by atoms with Crippen molar-refractivity contribution in [3.63, 3.8) is 0 Å². The third-order valence-corrected chi connectivity index (χ3v) is 20.6. The second-order valence-corrected chi connectivity index (χ2v) is 26.5. The van der Waals surface area contributed by atoms with E-state index in [1.54, 1.807) is 47.0 Å². The second kappa shape index (κ2) is 10.7. The van der Waals surface area contributed by atoms with Crippen LogP contribution in [0.1, 0.15) is 99.3 Å². The summed E-state index contributed by atoms with van der Waals surface area (Å²) in [6.07, 6.45) is 16.6. The molecule has 3 atom stereocenters. The monoisotopic (exact) mass is 615 g/mol. The van der Waals surface area contributed by atoms with Gasteiger partial charge in [0.15, 0.2) is 0 Å². The third-order valence-electron chi connectivity index (χ3n) is 10.4. The molecule has 0 aliphatic heterocycles. The quantitative estimate of drug-likeness (QED) is 0.265. The molecule has 4 rings (SSSR count). The van der Waals surface area contributed by atoms with Crippen LogP contribution in [0.4, 0.5) is 0 Å². The molecule has 4 aliphatic rings. The van der Waals surface area contributed by atoms with E-state index in [1.165, 1.54) is 69.3 Å². The SMILES string of the molecule is CC(C)(C)[Si](C)(C)OC1=CC2=C(CCCC2)C1C[CH]([Zr])C1C(O[Si](C)(C)C(C)(C)C)=CC2=C1CCCC2. The van der Waals surface area contributed by atoms with Gasteiger partial charge < -0.3 is 0 Å². The molecule has 0 aromatic carbocycles. The Bertz CT molecular complexity index is 1020. The van der Waals surface area contributed by atoms with Crippen molar-refractivity contribution in [2.45, 2.75) is 139 Å². The van der Waals surface area contributed by atoms with Crippen molar-refractivity contribution >= 4 is 16.6 Å². The maximum atomic E-state index is 7.13. The van der Waals surface area contributed by atoms with Gasteiger partial charge >= 0.3 is 247 Å². The fraction of sp³-hybridized carbons (Fsp3) is 0.750. The molecule has 3 unspecified atom stereocenters. The third kappa shape index (κ3) is 6.14. The van der Waals surface area contributed by atoms with E-state index in [4.69, 9.17) is 8.85 Å². The van der Waals surface area contributed by atoms with Crippen LogP contribution in [0.15, 0.2) is 46.0 Å². The Morgan fingerprint density at radius 3 is 1.70 bits per heavy atom. The average Bonchev–Trinajstić information content (AvgIpc) is 3.29. The van der Waals surface area contributed by atoms with E-state index in [0.29, 0.717) is 15.5 Å². The number of rotatable bonds is 7. The first kappa shape index (κ1) is 29.8. The van der Waals surface area contributed by atoms with E-state index >= 15 is 0 Å². The van der Waals surface area contributed by atoms with Gasteiger partial charge in [0.25, 0.3) is 0 Å². The molecule has 0 fully saturated rings. The van der Waals surface area contributed by atoms with Crippen LogP contribution in [0.3, 0.4) is 0 Å². The summed E-state index contributed by atoms with van der Waals surface area (Å²) in [4.78, 5) is 0. The molecule has 2 nitrogen and oxygen atoms in total. The molecular formula is C32H53O2Si2Zr. The molecule has 0 heterocycles. The van der Waals surface area contributed by atoms with Crippen molar-refractivity contribution in [2.24, 2.45) is 11.8 Å². The van der Waals surface area contributed by atoms with Crippen LogP contribution in [0.25, 0.3) is 0 Å². The molecule has 0 spiro atoms. The summed E-state index contributed by atoms with van der Waals surface area (Å²) in [6.45, 7) is 23.9. The average molecular weight is 617 g/mol. The van der Waals surface area contributed by atoms with E-state index in [0.717, 1.165) is 0 Å². The van der Waals surface area contributed by atoms with Gasteiger partial charge in [0, 0.05) is 0 Å². The van der Waals surface area contributed by atoms with Crippen molar-refractivity contribution in [3.8, 4) is 0 Å². The zero-order valence-corrected chi connectivity index (χ0v) is 30.0. The van der Waals surface area contributed by atoms with Gasteiger partial charge in [-0.3, -0.25) is 0 Å². The Balaban J connectivity index is 1.62. The van der Waals surface area contributed by atoms with E-state index in [2.05, 4.69) is 79.9 Å². The Kier molecular flexibility index (Phi) is 8.63. The standard InChI is InChI=1S/C32H53O2Si2.Zr/c1-31(2,3)35(7,8)33-29-21-23-15-11-13-17-25(23)27(29)19-20-28-26-18-14-12-16-24(26)22-30(28)34-36(9,10)32(4,5)6;/h19,21-22,27-28H,11-18,20H2,1-10H3;. The second-order valence-electron chi connectivity index (χ2n) is 15.2. The summed E-state index contributed by atoms with van der Waals surface area (Å²) >= 11 is 1.66. The summed E-state index contributed by atoms with van der Waals surface area (Å²) in [7, 11) is -3.77. The van der Waals surface area contributed by atoms with Gasteiger partial charge in [0.05, 0.1) is 0 Å². The summed E-state index contributed by atoms with van der Waals surface area (Å²) < 4.78 is 14.9. The molecule has 37 heavy (non-hydrogen) atoms. The fourth-order valence-corrected chi connectivity index (χ4v) is 9.70. The van der Waals surface area contributed by atoms with Crippen molar-refractivity contribution in [1.29, 1.82) is 0 Å². The van der Waals surface area contributed by atoms with Gasteiger partial charge in [-0.15, -0.1) is 0 Å². The molecule has 0 aromatic heterocycles. The van der Waals surface area contributed by atoms with Crippen molar-refractivity contribution in [1.82, 2.24) is 0 Å². The molecule has 0 aromatic rings. The van der Waals surface area contributed by atoms with Gasteiger partial charge in [-0.2, -0.15) is 0 Å². The van der Waals surface area contributed by atoms with Gasteiger partial charge in [0.1, 0.15) is 0 Å². The minimum atomic E-state index is -1.89. The summed E-state index contributed by atoms with van der Waals surface area (Å²) in [5, 5.41) is 0.442. The van der Waals surface area contributed by atoms with Crippen molar-refractivity contribution in [3.05, 3.63) is 46.0 Å². The first-order chi connectivity index (χ1) is 17.0. The van der Waals surface area contributed by atoms with Gasteiger partial charge in [-0.1, -0.05) is 0 Å². The minimum absolute atomic E-state index is 0.221. The molecule has 205 valence electrons. The van der Waals surface area contributed by atoms with E-state index in [1.807, 2.05) is 0 Å². The first-order valence-corrected chi connectivity index (χ1v) is 22.2. The van der Waals surface area contributed by atoms with E-state index in [-0.39, 0.29) is 10.1 Å². The fourth-order valence-electron chi connectivity index (χ4n) is 6.04. The van der Waals surface area contributed by atoms with Crippen LogP contribution in [0.2, 0.25) is 39.9 Å². The number of hydrogen-bond donors (Lipinski definition) is 0. The van der Waals surface area contributed by atoms with Crippen LogP contribution >= 0.6 is 0 Å². The van der Waals surface area contributed by atoms with Crippen molar-refractivity contribution in [2.75, 3.05) is 0 Å². The van der Waals surface area contributed by atoms with Crippen LogP contribution in [-0.2, 0) is 33.6 Å². The van der Waals surface area contributed by atoms with E-state index < -0.39 is 16.6 Å². The van der Waals surface area contributed by atoms with Gasteiger partial charge in [-0.05, 0) is 0 Å². The summed E-state index contributed by atoms with van der Waals surface area (Å²) in [5.74, 6) is 3.62. The number of hydrogen-bond acceptors (Lipinski definition) is 2. The van der Waals surface area contributed by atoms with Crippen LogP contribution in [0.5, 0.6) is 0 Å². The molecule has 4 aliphatic carbocycles. The van der Waals surface area contributed by atoms with Crippen LogP contribution < -0.4 is 0 Å². The van der Waals surface area contributed by atoms with Crippen molar-refractivity contribution < 1.29 is 33.6 Å². The first-order valence-electron chi connectivity index (χ1n) is 15.0. The molecule has 0 N–H and O–H groups in total.